The maximum absolute atomic E-state index is 12.8. The number of likely N-dealkylation sites (N-methyl/N-ethyl adjacent to an activating group) is 1. The fourth-order valence-corrected chi connectivity index (χ4v) is 4.12. The van der Waals surface area contributed by atoms with Crippen molar-refractivity contribution in [2.45, 2.75) is 26.3 Å². The largest absolute Gasteiger partial charge is 0.451 e. The lowest BCUT2D eigenvalue weighted by Gasteiger charge is -2.27. The standard InChI is InChI=1S/C25H29N3O5/c1-15(2)22(24(30)26-3)27-23(29)21-7-6-20(33-21)17-5-4-16-12-19(14-18(16)13-17)25(31)28-8-10-32-11-9-28/h4-7,12-13,15,22H,8-11,14H2,1-3H3,(H,26,30)(H,27,29)/t22-/m0/s1. The van der Waals surface area contributed by atoms with E-state index in [2.05, 4.69) is 10.6 Å². The van der Waals surface area contributed by atoms with Gasteiger partial charge in [-0.2, -0.15) is 0 Å². The van der Waals surface area contributed by atoms with Crippen LogP contribution in [0.5, 0.6) is 0 Å². The van der Waals surface area contributed by atoms with Crippen LogP contribution in [0.3, 0.4) is 0 Å². The van der Waals surface area contributed by atoms with Gasteiger partial charge in [-0.1, -0.05) is 26.0 Å². The van der Waals surface area contributed by atoms with Crippen molar-refractivity contribution in [3.05, 3.63) is 52.8 Å². The summed E-state index contributed by atoms with van der Waals surface area (Å²) in [7, 11) is 1.54. The predicted molar refractivity (Wildman–Crippen MR) is 123 cm³/mol. The van der Waals surface area contributed by atoms with E-state index in [0.29, 0.717) is 38.5 Å². The highest BCUT2D eigenvalue weighted by molar-refractivity contribution is 6.00. The van der Waals surface area contributed by atoms with Crippen molar-refractivity contribution in [2.24, 2.45) is 5.92 Å². The second-order valence-corrected chi connectivity index (χ2v) is 8.64. The minimum absolute atomic E-state index is 0.0591. The Bertz CT molecular complexity index is 1100. The summed E-state index contributed by atoms with van der Waals surface area (Å²) in [6, 6.07) is 8.57. The summed E-state index contributed by atoms with van der Waals surface area (Å²) in [5.41, 5.74) is 3.67. The Balaban J connectivity index is 1.45. The van der Waals surface area contributed by atoms with Crippen LogP contribution < -0.4 is 10.6 Å². The molecule has 0 unspecified atom stereocenters. The second-order valence-electron chi connectivity index (χ2n) is 8.64. The number of rotatable bonds is 6. The molecular weight excluding hydrogens is 422 g/mol. The van der Waals surface area contributed by atoms with E-state index in [4.69, 9.17) is 9.15 Å². The Morgan fingerprint density at radius 2 is 1.82 bits per heavy atom. The molecule has 1 aliphatic carbocycles. The minimum Gasteiger partial charge on any atom is -0.451 e. The first-order valence-electron chi connectivity index (χ1n) is 11.2. The molecule has 8 nitrogen and oxygen atoms in total. The molecule has 2 heterocycles. The molecule has 1 saturated heterocycles. The van der Waals surface area contributed by atoms with Crippen LogP contribution in [-0.4, -0.2) is 62.0 Å². The normalized spacial score (nSPS) is 16.2. The summed E-state index contributed by atoms with van der Waals surface area (Å²) >= 11 is 0. The molecule has 0 spiro atoms. The van der Waals surface area contributed by atoms with Crippen molar-refractivity contribution < 1.29 is 23.5 Å². The van der Waals surface area contributed by atoms with Gasteiger partial charge in [0, 0.05) is 37.7 Å². The number of carbonyl (C=O) groups is 3. The van der Waals surface area contributed by atoms with E-state index < -0.39 is 11.9 Å². The monoisotopic (exact) mass is 451 g/mol. The van der Waals surface area contributed by atoms with Gasteiger partial charge < -0.3 is 24.7 Å². The SMILES string of the molecule is CNC(=O)[C@@H](NC(=O)c1ccc(-c2ccc3c(c2)CC(C(=O)N2CCOCC2)=C3)o1)C(C)C. The second kappa shape index (κ2) is 9.62. The van der Waals surface area contributed by atoms with Crippen LogP contribution in [-0.2, 0) is 20.7 Å². The zero-order chi connectivity index (χ0) is 23.5. The molecule has 3 amide bonds. The number of amides is 3. The first-order valence-corrected chi connectivity index (χ1v) is 11.2. The topological polar surface area (TPSA) is 101 Å². The number of benzene rings is 1. The number of hydrogen-bond donors (Lipinski definition) is 2. The number of furan rings is 1. The molecule has 1 atom stereocenters. The molecule has 2 N–H and O–H groups in total. The van der Waals surface area contributed by atoms with Crippen LogP contribution in [0, 0.1) is 5.92 Å². The fraction of sp³-hybridized carbons (Fsp3) is 0.400. The van der Waals surface area contributed by atoms with E-state index in [1.165, 1.54) is 7.05 Å². The Morgan fingerprint density at radius 3 is 2.52 bits per heavy atom. The number of nitrogens with one attached hydrogen (secondary N) is 2. The molecular formula is C25H29N3O5. The zero-order valence-corrected chi connectivity index (χ0v) is 19.1. The van der Waals surface area contributed by atoms with E-state index >= 15 is 0 Å². The van der Waals surface area contributed by atoms with Gasteiger partial charge >= 0.3 is 0 Å². The number of carbonyl (C=O) groups excluding carboxylic acids is 3. The van der Waals surface area contributed by atoms with E-state index in [1.54, 1.807) is 12.1 Å². The Morgan fingerprint density at radius 1 is 1.06 bits per heavy atom. The highest BCUT2D eigenvalue weighted by Gasteiger charge is 2.26. The number of fused-ring (bicyclic) bond motifs is 1. The highest BCUT2D eigenvalue weighted by Crippen LogP contribution is 2.31. The molecule has 33 heavy (non-hydrogen) atoms. The molecule has 174 valence electrons. The average Bonchev–Trinajstić information content (AvgIpc) is 3.49. The first-order chi connectivity index (χ1) is 15.9. The quantitative estimate of drug-likeness (QED) is 0.702. The molecule has 1 aromatic carbocycles. The Kier molecular flexibility index (Phi) is 6.65. The van der Waals surface area contributed by atoms with Gasteiger partial charge in [-0.25, -0.2) is 0 Å². The van der Waals surface area contributed by atoms with Crippen molar-refractivity contribution in [2.75, 3.05) is 33.4 Å². The average molecular weight is 452 g/mol. The van der Waals surface area contributed by atoms with Crippen LogP contribution in [0.4, 0.5) is 0 Å². The van der Waals surface area contributed by atoms with Crippen LogP contribution in [0.2, 0.25) is 0 Å². The molecule has 1 aliphatic heterocycles. The van der Waals surface area contributed by atoms with Crippen molar-refractivity contribution in [3.63, 3.8) is 0 Å². The van der Waals surface area contributed by atoms with Gasteiger partial charge in [0.1, 0.15) is 11.8 Å². The van der Waals surface area contributed by atoms with Crippen LogP contribution in [0.15, 0.2) is 40.3 Å². The minimum atomic E-state index is -0.649. The fourth-order valence-electron chi connectivity index (χ4n) is 4.12. The lowest BCUT2D eigenvalue weighted by molar-refractivity contribution is -0.131. The molecule has 4 rings (SSSR count). The number of ether oxygens (including phenoxy) is 1. The van der Waals surface area contributed by atoms with Gasteiger partial charge in [0.25, 0.3) is 5.91 Å². The van der Waals surface area contributed by atoms with Crippen LogP contribution >= 0.6 is 0 Å². The smallest absolute Gasteiger partial charge is 0.287 e. The third kappa shape index (κ3) is 4.85. The molecule has 2 aliphatic rings. The summed E-state index contributed by atoms with van der Waals surface area (Å²) in [4.78, 5) is 39.3. The third-order valence-corrected chi connectivity index (χ3v) is 6.02. The van der Waals surface area contributed by atoms with Crippen molar-refractivity contribution in [3.8, 4) is 11.3 Å². The first kappa shape index (κ1) is 22.8. The Labute approximate surface area is 193 Å². The maximum Gasteiger partial charge on any atom is 0.287 e. The van der Waals surface area contributed by atoms with Crippen molar-refractivity contribution in [1.29, 1.82) is 0 Å². The van der Waals surface area contributed by atoms with Crippen LogP contribution in [0.1, 0.15) is 35.5 Å². The molecule has 0 radical (unpaired) electrons. The van der Waals surface area contributed by atoms with Gasteiger partial charge in [0.05, 0.1) is 13.2 Å². The summed E-state index contributed by atoms with van der Waals surface area (Å²) in [6.07, 6.45) is 2.51. The predicted octanol–water partition coefficient (Wildman–Crippen LogP) is 2.25. The molecule has 1 fully saturated rings. The molecule has 0 bridgehead atoms. The van der Waals surface area contributed by atoms with E-state index in [1.807, 2.05) is 43.0 Å². The number of morpholine rings is 1. The van der Waals surface area contributed by atoms with Crippen molar-refractivity contribution in [1.82, 2.24) is 15.5 Å². The molecule has 0 saturated carbocycles. The van der Waals surface area contributed by atoms with E-state index in [0.717, 1.165) is 22.3 Å². The zero-order valence-electron chi connectivity index (χ0n) is 19.1. The van der Waals surface area contributed by atoms with Gasteiger partial charge in [-0.3, -0.25) is 14.4 Å². The summed E-state index contributed by atoms with van der Waals surface area (Å²) in [5.74, 6) is -0.00694. The van der Waals surface area contributed by atoms with E-state index in [-0.39, 0.29) is 23.5 Å². The van der Waals surface area contributed by atoms with Gasteiger partial charge in [0.2, 0.25) is 11.8 Å². The highest BCUT2D eigenvalue weighted by atomic mass is 16.5. The van der Waals surface area contributed by atoms with Crippen molar-refractivity contribution >= 4 is 23.8 Å². The number of hydrogen-bond acceptors (Lipinski definition) is 5. The molecule has 2 aromatic rings. The third-order valence-electron chi connectivity index (χ3n) is 6.02. The summed E-state index contributed by atoms with van der Waals surface area (Å²) < 4.78 is 11.1. The Hall–Kier alpha value is -3.39. The van der Waals surface area contributed by atoms with Gasteiger partial charge in [-0.15, -0.1) is 0 Å². The van der Waals surface area contributed by atoms with E-state index in [9.17, 15) is 14.4 Å². The summed E-state index contributed by atoms with van der Waals surface area (Å²) in [6.45, 7) is 6.12. The molecule has 8 heteroatoms. The lowest BCUT2D eigenvalue weighted by atomic mass is 10.0. The van der Waals surface area contributed by atoms with Gasteiger partial charge in [-0.05, 0) is 41.3 Å². The van der Waals surface area contributed by atoms with Crippen LogP contribution in [0.25, 0.3) is 17.4 Å². The molecule has 1 aromatic heterocycles. The summed E-state index contributed by atoms with van der Waals surface area (Å²) in [5, 5.41) is 5.30. The van der Waals surface area contributed by atoms with Gasteiger partial charge in [0.15, 0.2) is 5.76 Å². The maximum atomic E-state index is 12.8. The lowest BCUT2D eigenvalue weighted by Crippen LogP contribution is -2.48. The number of nitrogens with zero attached hydrogens (tertiary/aromatic N) is 1.